The highest BCUT2D eigenvalue weighted by atomic mass is 35.5. The fourth-order valence-electron chi connectivity index (χ4n) is 2.83. The summed E-state index contributed by atoms with van der Waals surface area (Å²) in [6.45, 7) is 5.72. The van der Waals surface area contributed by atoms with Crippen LogP contribution in [0.5, 0.6) is 5.75 Å². The number of ether oxygens (including phenoxy) is 1. The smallest absolute Gasteiger partial charge is 0.137 e. The summed E-state index contributed by atoms with van der Waals surface area (Å²) in [6.07, 6.45) is 2.54. The summed E-state index contributed by atoms with van der Waals surface area (Å²) in [5.41, 5.74) is 5.89. The van der Waals surface area contributed by atoms with E-state index in [0.29, 0.717) is 23.6 Å². The first-order valence-electron chi connectivity index (χ1n) is 7.04. The van der Waals surface area contributed by atoms with Gasteiger partial charge < -0.3 is 10.5 Å². The number of halogens is 2. The van der Waals surface area contributed by atoms with Crippen molar-refractivity contribution in [3.8, 4) is 5.75 Å². The summed E-state index contributed by atoms with van der Waals surface area (Å²) in [6, 6.07) is 8.09. The topological polar surface area (TPSA) is 38.5 Å². The van der Waals surface area contributed by atoms with E-state index in [1.54, 1.807) is 0 Å². The van der Waals surface area contributed by atoms with Gasteiger partial charge in [-0.2, -0.15) is 0 Å². The van der Waals surface area contributed by atoms with Gasteiger partial charge in [0.15, 0.2) is 0 Å². The minimum atomic E-state index is 0. The molecule has 1 aromatic carbocycles. The molecule has 1 fully saturated rings. The van der Waals surface area contributed by atoms with E-state index in [0.717, 1.165) is 25.4 Å². The second-order valence-corrected chi connectivity index (χ2v) is 5.64. The van der Waals surface area contributed by atoms with Gasteiger partial charge in [-0.05, 0) is 37.4 Å². The van der Waals surface area contributed by atoms with Crippen molar-refractivity contribution >= 4 is 24.0 Å². The summed E-state index contributed by atoms with van der Waals surface area (Å²) < 4.78 is 5.75. The SMILES string of the molecule is CC1CCCN(CCOc2ccccc2Cl)C1CN.Cl. The summed E-state index contributed by atoms with van der Waals surface area (Å²) in [7, 11) is 0. The monoisotopic (exact) mass is 318 g/mol. The van der Waals surface area contributed by atoms with E-state index in [2.05, 4.69) is 11.8 Å². The Kier molecular flexibility index (Phi) is 7.67. The summed E-state index contributed by atoms with van der Waals surface area (Å²) in [4.78, 5) is 2.45. The van der Waals surface area contributed by atoms with E-state index in [9.17, 15) is 0 Å². The second-order valence-electron chi connectivity index (χ2n) is 5.24. The van der Waals surface area contributed by atoms with E-state index in [4.69, 9.17) is 22.1 Å². The van der Waals surface area contributed by atoms with Crippen LogP contribution in [0.4, 0.5) is 0 Å². The van der Waals surface area contributed by atoms with Crippen LogP contribution in [0.3, 0.4) is 0 Å². The van der Waals surface area contributed by atoms with Crippen LogP contribution in [-0.2, 0) is 0 Å². The van der Waals surface area contributed by atoms with Crippen LogP contribution in [0, 0.1) is 5.92 Å². The Labute approximate surface area is 132 Å². The van der Waals surface area contributed by atoms with Crippen molar-refractivity contribution in [1.29, 1.82) is 0 Å². The van der Waals surface area contributed by atoms with Gasteiger partial charge in [0.25, 0.3) is 0 Å². The van der Waals surface area contributed by atoms with Crippen molar-refractivity contribution < 1.29 is 4.74 Å². The molecule has 114 valence electrons. The number of para-hydroxylation sites is 1. The molecule has 0 aliphatic carbocycles. The average Bonchev–Trinajstić information content (AvgIpc) is 2.41. The van der Waals surface area contributed by atoms with E-state index in [-0.39, 0.29) is 12.4 Å². The molecule has 1 heterocycles. The highest BCUT2D eigenvalue weighted by Gasteiger charge is 2.26. The van der Waals surface area contributed by atoms with Crippen LogP contribution in [0.15, 0.2) is 24.3 Å². The second kappa shape index (κ2) is 8.73. The van der Waals surface area contributed by atoms with Gasteiger partial charge in [-0.1, -0.05) is 30.7 Å². The first-order valence-corrected chi connectivity index (χ1v) is 7.41. The van der Waals surface area contributed by atoms with E-state index in [1.165, 1.54) is 12.8 Å². The minimum absolute atomic E-state index is 0. The van der Waals surface area contributed by atoms with Gasteiger partial charge in [0.05, 0.1) is 5.02 Å². The molecule has 2 N–H and O–H groups in total. The highest BCUT2D eigenvalue weighted by Crippen LogP contribution is 2.24. The molecule has 3 nitrogen and oxygen atoms in total. The maximum Gasteiger partial charge on any atom is 0.137 e. The zero-order chi connectivity index (χ0) is 13.7. The number of piperidine rings is 1. The van der Waals surface area contributed by atoms with Gasteiger partial charge in [-0.25, -0.2) is 0 Å². The van der Waals surface area contributed by atoms with Crippen molar-refractivity contribution in [2.45, 2.75) is 25.8 Å². The first-order chi connectivity index (χ1) is 9.22. The molecule has 2 atom stereocenters. The Morgan fingerprint density at radius 3 is 2.85 bits per heavy atom. The normalized spacial score (nSPS) is 23.1. The largest absolute Gasteiger partial charge is 0.491 e. The summed E-state index contributed by atoms with van der Waals surface area (Å²) in [5, 5.41) is 0.671. The molecule has 0 amide bonds. The first kappa shape index (κ1) is 17.6. The molecule has 2 rings (SSSR count). The molecular formula is C15H24Cl2N2O. The quantitative estimate of drug-likeness (QED) is 0.906. The fraction of sp³-hybridized carbons (Fsp3) is 0.600. The van der Waals surface area contributed by atoms with Gasteiger partial charge in [-0.3, -0.25) is 4.90 Å². The van der Waals surface area contributed by atoms with Crippen LogP contribution < -0.4 is 10.5 Å². The predicted molar refractivity (Wildman–Crippen MR) is 87.0 cm³/mol. The van der Waals surface area contributed by atoms with E-state index < -0.39 is 0 Å². The molecule has 1 aliphatic rings. The highest BCUT2D eigenvalue weighted by molar-refractivity contribution is 6.32. The lowest BCUT2D eigenvalue weighted by Gasteiger charge is -2.39. The molecule has 5 heteroatoms. The molecule has 0 aromatic heterocycles. The third kappa shape index (κ3) is 4.52. The zero-order valence-electron chi connectivity index (χ0n) is 11.9. The Morgan fingerprint density at radius 1 is 1.40 bits per heavy atom. The standard InChI is InChI=1S/C15H23ClN2O.ClH/c1-12-5-4-8-18(14(12)11-17)9-10-19-15-7-3-2-6-13(15)16;/h2-3,6-7,12,14H,4-5,8-11,17H2,1H3;1H. The molecular weight excluding hydrogens is 295 g/mol. The maximum absolute atomic E-state index is 6.07. The molecule has 0 spiro atoms. The molecule has 1 aromatic rings. The van der Waals surface area contributed by atoms with E-state index in [1.807, 2.05) is 24.3 Å². The van der Waals surface area contributed by atoms with Gasteiger partial charge in [-0.15, -0.1) is 12.4 Å². The molecule has 1 aliphatic heterocycles. The van der Waals surface area contributed by atoms with Crippen molar-refractivity contribution in [2.24, 2.45) is 11.7 Å². The fourth-order valence-corrected chi connectivity index (χ4v) is 3.02. The Hall–Kier alpha value is -0.480. The van der Waals surface area contributed by atoms with Gasteiger partial charge >= 0.3 is 0 Å². The summed E-state index contributed by atoms with van der Waals surface area (Å²) in [5.74, 6) is 1.44. The van der Waals surface area contributed by atoms with Crippen LogP contribution in [-0.4, -0.2) is 37.2 Å². The third-order valence-electron chi connectivity index (χ3n) is 3.94. The third-order valence-corrected chi connectivity index (χ3v) is 4.26. The van der Waals surface area contributed by atoms with Gasteiger partial charge in [0, 0.05) is 19.1 Å². The van der Waals surface area contributed by atoms with Crippen molar-refractivity contribution in [2.75, 3.05) is 26.2 Å². The lowest BCUT2D eigenvalue weighted by molar-refractivity contribution is 0.0895. The number of nitrogens with zero attached hydrogens (tertiary/aromatic N) is 1. The van der Waals surface area contributed by atoms with Crippen LogP contribution in [0.1, 0.15) is 19.8 Å². The predicted octanol–water partition coefficient (Wildman–Crippen LogP) is 3.20. The Morgan fingerprint density at radius 2 is 2.15 bits per heavy atom. The van der Waals surface area contributed by atoms with Crippen molar-refractivity contribution in [3.63, 3.8) is 0 Å². The molecule has 1 saturated heterocycles. The number of hydrogen-bond acceptors (Lipinski definition) is 3. The zero-order valence-corrected chi connectivity index (χ0v) is 13.5. The average molecular weight is 319 g/mol. The van der Waals surface area contributed by atoms with Gasteiger partial charge in [0.2, 0.25) is 0 Å². The lowest BCUT2D eigenvalue weighted by Crippen LogP contribution is -2.49. The molecule has 20 heavy (non-hydrogen) atoms. The Balaban J connectivity index is 0.00000200. The number of rotatable bonds is 5. The lowest BCUT2D eigenvalue weighted by atomic mass is 9.91. The number of benzene rings is 1. The minimum Gasteiger partial charge on any atom is -0.491 e. The molecule has 2 unspecified atom stereocenters. The number of likely N-dealkylation sites (tertiary alicyclic amines) is 1. The number of nitrogens with two attached hydrogens (primary N) is 1. The van der Waals surface area contributed by atoms with Crippen LogP contribution in [0.2, 0.25) is 5.02 Å². The Bertz CT molecular complexity index is 403. The van der Waals surface area contributed by atoms with E-state index >= 15 is 0 Å². The van der Waals surface area contributed by atoms with Crippen molar-refractivity contribution in [1.82, 2.24) is 4.90 Å². The summed E-state index contributed by atoms with van der Waals surface area (Å²) >= 11 is 6.07. The molecule has 0 bridgehead atoms. The van der Waals surface area contributed by atoms with Gasteiger partial charge in [0.1, 0.15) is 12.4 Å². The van der Waals surface area contributed by atoms with Crippen LogP contribution >= 0.6 is 24.0 Å². The van der Waals surface area contributed by atoms with Crippen LogP contribution in [0.25, 0.3) is 0 Å². The number of hydrogen-bond donors (Lipinski definition) is 1. The molecule has 0 saturated carbocycles. The maximum atomic E-state index is 6.07. The molecule has 0 radical (unpaired) electrons. The van der Waals surface area contributed by atoms with Crippen molar-refractivity contribution in [3.05, 3.63) is 29.3 Å².